The van der Waals surface area contributed by atoms with E-state index in [1.165, 1.54) is 5.57 Å². The molecule has 5 N–H and O–H groups in total. The van der Waals surface area contributed by atoms with Gasteiger partial charge in [-0.05, 0) is 34.6 Å². The summed E-state index contributed by atoms with van der Waals surface area (Å²) in [5, 5.41) is 0. The van der Waals surface area contributed by atoms with Crippen molar-refractivity contribution < 1.29 is 1.43 Å². The number of hydrogen-bond donors (Lipinski definition) is 2. The normalized spacial score (nSPS) is 7.82. The van der Waals surface area contributed by atoms with E-state index in [1.54, 1.807) is 0 Å². The smallest absolute Gasteiger partial charge is 0.00686 e. The number of allylic oxidation sites excluding steroid dienone is 1. The fourth-order valence-electron chi connectivity index (χ4n) is 0. The Kier molecular flexibility index (Phi) is 19.7. The molecule has 0 radical (unpaired) electrons. The van der Waals surface area contributed by atoms with Crippen LogP contribution in [-0.4, -0.2) is 5.54 Å². The first kappa shape index (κ1) is 22.4. The van der Waals surface area contributed by atoms with Crippen LogP contribution in [0, 0.1) is 0 Å². The van der Waals surface area contributed by atoms with Gasteiger partial charge in [-0.1, -0.05) is 13.0 Å². The summed E-state index contributed by atoms with van der Waals surface area (Å²) < 4.78 is 0. The van der Waals surface area contributed by atoms with Crippen LogP contribution < -0.4 is 11.9 Å². The van der Waals surface area contributed by atoms with E-state index < -0.39 is 0 Å². The fourth-order valence-corrected chi connectivity index (χ4v) is 0. The molecule has 0 atom stereocenters. The van der Waals surface area contributed by atoms with Crippen molar-refractivity contribution in [1.29, 1.82) is 0 Å². The minimum Gasteiger partial charge on any atom is -0.344 e. The second-order valence-corrected chi connectivity index (χ2v) is 3.57. The van der Waals surface area contributed by atoms with Crippen LogP contribution in [0.2, 0.25) is 0 Å². The van der Waals surface area contributed by atoms with Gasteiger partial charge in [0, 0.05) is 6.97 Å². The van der Waals surface area contributed by atoms with Gasteiger partial charge in [-0.25, -0.2) is 0 Å². The second-order valence-electron chi connectivity index (χ2n) is 3.57. The van der Waals surface area contributed by atoms with Crippen molar-refractivity contribution in [2.24, 2.45) is 5.73 Å². The average molecular weight is 165 g/mol. The van der Waals surface area contributed by atoms with Gasteiger partial charge in [0.2, 0.25) is 0 Å². The molecule has 74 valence electrons. The molecule has 0 aromatic carbocycles. The summed E-state index contributed by atoms with van der Waals surface area (Å²) in [7, 11) is 0. The molecule has 0 saturated carbocycles. The van der Waals surface area contributed by atoms with Crippen LogP contribution in [0.1, 0.15) is 43.5 Å². The fraction of sp³-hybridized carbons (Fsp3) is 0.778. The Morgan fingerprint density at radius 2 is 1.27 bits per heavy atom. The molecule has 2 heteroatoms. The third kappa shape index (κ3) is 4900. The van der Waals surface area contributed by atoms with Crippen LogP contribution in [0.3, 0.4) is 0 Å². The Hall–Kier alpha value is -0.340. The Bertz CT molecular complexity index is 75.0. The summed E-state index contributed by atoms with van der Waals surface area (Å²) in [5.41, 5.74) is 6.52. The lowest BCUT2D eigenvalue weighted by atomic mass is 10.1. The van der Waals surface area contributed by atoms with E-state index in [4.69, 9.17) is 5.73 Å². The van der Waals surface area contributed by atoms with Crippen molar-refractivity contribution in [3.63, 3.8) is 0 Å². The third-order valence-corrected chi connectivity index (χ3v) is 0. The molecule has 0 unspecified atom stereocenters. The molecule has 0 aliphatic heterocycles. The first-order valence-corrected chi connectivity index (χ1v) is 3.14. The average Bonchev–Trinajstić information content (AvgIpc) is 1.19. The van der Waals surface area contributed by atoms with E-state index >= 15 is 0 Å². The Morgan fingerprint density at radius 3 is 1.27 bits per heavy atom. The van der Waals surface area contributed by atoms with Gasteiger partial charge in [0.25, 0.3) is 0 Å². The van der Waals surface area contributed by atoms with Gasteiger partial charge in [-0.3, -0.25) is 0 Å². The topological polar surface area (TPSA) is 61.0 Å². The van der Waals surface area contributed by atoms with Gasteiger partial charge in [0.1, 0.15) is 0 Å². The zero-order valence-electron chi connectivity index (χ0n) is 7.99. The van der Waals surface area contributed by atoms with Crippen molar-refractivity contribution in [2.45, 2.75) is 47.6 Å². The first-order valence-electron chi connectivity index (χ1n) is 3.14. The molecule has 0 saturated heterocycles. The molecule has 0 rings (SSSR count). The molecule has 0 aliphatic carbocycles. The lowest BCUT2D eigenvalue weighted by Gasteiger charge is -2.06. The predicted octanol–water partition coefficient (Wildman–Crippen LogP) is 3.37. The predicted molar refractivity (Wildman–Crippen MR) is 58.3 cm³/mol. The zero-order valence-corrected chi connectivity index (χ0v) is 7.99. The molecule has 0 fully saturated rings. The highest BCUT2D eigenvalue weighted by Crippen LogP contribution is 1.88. The molecular formula is C9H28N2. The highest BCUT2D eigenvalue weighted by Gasteiger charge is 1.95. The SMILES string of the molecule is C.C=C(C)C.CC(C)(C)N.N.[2HH]. The van der Waals surface area contributed by atoms with Crippen molar-refractivity contribution in [1.82, 2.24) is 6.15 Å². The highest BCUT2D eigenvalue weighted by atomic mass is 14.7. The monoisotopic (exact) mass is 165 g/mol. The van der Waals surface area contributed by atoms with Crippen LogP contribution in [0.4, 0.5) is 0 Å². The van der Waals surface area contributed by atoms with Crippen molar-refractivity contribution >= 4 is 0 Å². The minimum absolute atomic E-state index is 0. The maximum Gasteiger partial charge on any atom is 0.00686 e. The summed E-state index contributed by atoms with van der Waals surface area (Å²) in [6.07, 6.45) is 0. The molecule has 0 aromatic heterocycles. The van der Waals surface area contributed by atoms with Gasteiger partial charge >= 0.3 is 0 Å². The molecule has 0 bridgehead atoms. The van der Waals surface area contributed by atoms with E-state index in [-0.39, 0.29) is 20.5 Å². The summed E-state index contributed by atoms with van der Waals surface area (Å²) >= 11 is 0. The van der Waals surface area contributed by atoms with E-state index in [0.717, 1.165) is 0 Å². The maximum absolute atomic E-state index is 5.35. The van der Waals surface area contributed by atoms with Crippen molar-refractivity contribution in [3.8, 4) is 0 Å². The summed E-state index contributed by atoms with van der Waals surface area (Å²) in [5.74, 6) is 0. The molecule has 0 spiro atoms. The van der Waals surface area contributed by atoms with Crippen LogP contribution in [0.5, 0.6) is 0 Å². The first-order chi connectivity index (χ1) is 3.73. The van der Waals surface area contributed by atoms with Crippen molar-refractivity contribution in [2.75, 3.05) is 0 Å². The molecule has 0 aliphatic rings. The number of hydrogen-bond acceptors (Lipinski definition) is 2. The van der Waals surface area contributed by atoms with Gasteiger partial charge in [0.15, 0.2) is 0 Å². The Morgan fingerprint density at radius 1 is 1.27 bits per heavy atom. The summed E-state index contributed by atoms with van der Waals surface area (Å²) in [6.45, 7) is 13.4. The van der Waals surface area contributed by atoms with E-state index in [2.05, 4.69) is 6.58 Å². The molecule has 0 amide bonds. The second kappa shape index (κ2) is 9.66. The molecule has 0 aromatic rings. The van der Waals surface area contributed by atoms with Crippen LogP contribution in [0.15, 0.2) is 12.2 Å². The zero-order chi connectivity index (χ0) is 8.08. The summed E-state index contributed by atoms with van der Waals surface area (Å²) in [6, 6.07) is 0. The van der Waals surface area contributed by atoms with Gasteiger partial charge in [0.05, 0.1) is 0 Å². The van der Waals surface area contributed by atoms with Gasteiger partial charge in [-0.15, -0.1) is 6.58 Å². The minimum atomic E-state index is 0. The Labute approximate surface area is 73.9 Å². The largest absolute Gasteiger partial charge is 0.344 e. The standard InChI is InChI=1S/C4H11N.C4H8.CH4.H3N.H2/c1-4(2,3)5;1-4(2)3;;;/h5H2,1-3H3;1H2,2-3H3;1H4;1H3;1H/i;;;;1+1. The van der Waals surface area contributed by atoms with Crippen LogP contribution in [-0.2, 0) is 0 Å². The van der Waals surface area contributed by atoms with E-state index in [9.17, 15) is 0 Å². The van der Waals surface area contributed by atoms with Gasteiger partial charge < -0.3 is 11.9 Å². The van der Waals surface area contributed by atoms with E-state index in [0.29, 0.717) is 0 Å². The maximum atomic E-state index is 5.35. The third-order valence-electron chi connectivity index (χ3n) is 0. The Balaban J connectivity index is -0.0000000221. The molecule has 0 heterocycles. The van der Waals surface area contributed by atoms with Gasteiger partial charge in [-0.2, -0.15) is 0 Å². The highest BCUT2D eigenvalue weighted by molar-refractivity contribution is 4.78. The lowest BCUT2D eigenvalue weighted by Crippen LogP contribution is -2.26. The molecule has 11 heavy (non-hydrogen) atoms. The number of rotatable bonds is 0. The quantitative estimate of drug-likeness (QED) is 0.541. The summed E-state index contributed by atoms with van der Waals surface area (Å²) in [4.78, 5) is 0. The lowest BCUT2D eigenvalue weighted by molar-refractivity contribution is 0.580. The van der Waals surface area contributed by atoms with Crippen LogP contribution in [0.25, 0.3) is 0 Å². The van der Waals surface area contributed by atoms with Crippen molar-refractivity contribution in [3.05, 3.63) is 12.2 Å². The van der Waals surface area contributed by atoms with E-state index in [1.807, 2.05) is 34.6 Å². The number of nitrogens with two attached hydrogens (primary N) is 1. The van der Waals surface area contributed by atoms with Crippen LogP contribution >= 0.6 is 0 Å². The molecule has 2 nitrogen and oxygen atoms in total. The molecular weight excluding hydrogens is 136 g/mol.